The summed E-state index contributed by atoms with van der Waals surface area (Å²) in [5, 5.41) is 0.734. The molecule has 0 aromatic heterocycles. The van der Waals surface area contributed by atoms with Gasteiger partial charge in [0, 0.05) is 37.2 Å². The van der Waals surface area contributed by atoms with E-state index in [2.05, 4.69) is 9.80 Å². The van der Waals surface area contributed by atoms with Gasteiger partial charge < -0.3 is 9.64 Å². The normalized spacial score (nSPS) is 28.0. The molecule has 132 valence electrons. The van der Waals surface area contributed by atoms with Crippen molar-refractivity contribution in [2.45, 2.75) is 43.4 Å². The quantitative estimate of drug-likeness (QED) is 0.753. The Labute approximate surface area is 149 Å². The number of hydrogen-bond acceptors (Lipinski definition) is 5. The Morgan fingerprint density at radius 2 is 1.91 bits per heavy atom. The first-order valence-electron chi connectivity index (χ1n) is 9.12. The lowest BCUT2D eigenvalue weighted by Crippen LogP contribution is -2.51. The molecule has 2 saturated heterocycles. The molecule has 2 aliphatic heterocycles. The predicted octanol–water partition coefficient (Wildman–Crippen LogP) is 2.33. The van der Waals surface area contributed by atoms with Crippen LogP contribution >= 0.6 is 23.5 Å². The molecule has 1 atom stereocenters. The Balaban J connectivity index is 1.52. The number of carbonyl (C=O) groups is 1. The zero-order valence-corrected chi connectivity index (χ0v) is 15.7. The Kier molecular flexibility index (Phi) is 7.42. The largest absolute Gasteiger partial charge is 0.379 e. The van der Waals surface area contributed by atoms with E-state index in [1.54, 1.807) is 0 Å². The highest BCUT2D eigenvalue weighted by Gasteiger charge is 2.28. The summed E-state index contributed by atoms with van der Waals surface area (Å²) in [6.45, 7) is 5.68. The topological polar surface area (TPSA) is 32.8 Å². The molecule has 0 radical (unpaired) electrons. The summed E-state index contributed by atoms with van der Waals surface area (Å²) in [5.74, 6) is 3.35. The van der Waals surface area contributed by atoms with Crippen molar-refractivity contribution in [2.75, 3.05) is 56.7 Å². The van der Waals surface area contributed by atoms with E-state index in [0.29, 0.717) is 17.7 Å². The van der Waals surface area contributed by atoms with Crippen LogP contribution in [0.5, 0.6) is 0 Å². The highest BCUT2D eigenvalue weighted by Crippen LogP contribution is 2.30. The van der Waals surface area contributed by atoms with Crippen LogP contribution in [0.1, 0.15) is 32.1 Å². The van der Waals surface area contributed by atoms with E-state index in [0.717, 1.165) is 56.8 Å². The number of morpholine rings is 1. The first kappa shape index (κ1) is 17.9. The lowest BCUT2D eigenvalue weighted by Gasteiger charge is -2.35. The molecule has 0 unspecified atom stereocenters. The standard InChI is InChI=1S/C17H30N2O2S2/c20-17(14-23-16-4-1-2-5-16)19-6-3-11-22-13-15(19)12-18-7-9-21-10-8-18/h15-16H,1-14H2/t15-/m0/s1. The highest BCUT2D eigenvalue weighted by atomic mass is 32.2. The third kappa shape index (κ3) is 5.55. The van der Waals surface area contributed by atoms with E-state index < -0.39 is 0 Å². The van der Waals surface area contributed by atoms with Crippen molar-refractivity contribution in [3.8, 4) is 0 Å². The molecular formula is C17H30N2O2S2. The summed E-state index contributed by atoms with van der Waals surface area (Å²) < 4.78 is 5.45. The third-order valence-electron chi connectivity index (χ3n) is 5.08. The van der Waals surface area contributed by atoms with Gasteiger partial charge in [0.05, 0.1) is 25.0 Å². The molecule has 1 amide bonds. The molecule has 0 N–H and O–H groups in total. The first-order chi connectivity index (χ1) is 11.3. The molecule has 0 bridgehead atoms. The fourth-order valence-corrected chi connectivity index (χ4v) is 5.99. The van der Waals surface area contributed by atoms with Crippen LogP contribution in [-0.4, -0.2) is 83.7 Å². The number of hydrogen-bond donors (Lipinski definition) is 0. The van der Waals surface area contributed by atoms with Crippen molar-refractivity contribution in [2.24, 2.45) is 0 Å². The van der Waals surface area contributed by atoms with Gasteiger partial charge in [-0.3, -0.25) is 9.69 Å². The fraction of sp³-hybridized carbons (Fsp3) is 0.941. The number of ether oxygens (including phenoxy) is 1. The minimum Gasteiger partial charge on any atom is -0.379 e. The highest BCUT2D eigenvalue weighted by molar-refractivity contribution is 8.00. The molecule has 3 aliphatic rings. The van der Waals surface area contributed by atoms with Crippen molar-refractivity contribution >= 4 is 29.4 Å². The van der Waals surface area contributed by atoms with Gasteiger partial charge in [0.25, 0.3) is 0 Å². The van der Waals surface area contributed by atoms with Gasteiger partial charge in [0.15, 0.2) is 0 Å². The molecule has 23 heavy (non-hydrogen) atoms. The van der Waals surface area contributed by atoms with E-state index in [1.807, 2.05) is 23.5 Å². The maximum Gasteiger partial charge on any atom is 0.232 e. The lowest BCUT2D eigenvalue weighted by molar-refractivity contribution is -0.130. The van der Waals surface area contributed by atoms with Crippen molar-refractivity contribution in [3.05, 3.63) is 0 Å². The van der Waals surface area contributed by atoms with Crippen LogP contribution < -0.4 is 0 Å². The van der Waals surface area contributed by atoms with Gasteiger partial charge >= 0.3 is 0 Å². The Bertz CT molecular complexity index is 372. The van der Waals surface area contributed by atoms with E-state index in [-0.39, 0.29) is 0 Å². The summed E-state index contributed by atoms with van der Waals surface area (Å²) in [6, 6.07) is 0.386. The van der Waals surface area contributed by atoms with Crippen molar-refractivity contribution in [1.82, 2.24) is 9.80 Å². The summed E-state index contributed by atoms with van der Waals surface area (Å²) in [5.41, 5.74) is 0. The Hall–Kier alpha value is 0.0900. The monoisotopic (exact) mass is 358 g/mol. The maximum atomic E-state index is 12.8. The Morgan fingerprint density at radius 1 is 1.13 bits per heavy atom. The van der Waals surface area contributed by atoms with Crippen molar-refractivity contribution in [3.63, 3.8) is 0 Å². The average Bonchev–Trinajstić information content (AvgIpc) is 2.99. The van der Waals surface area contributed by atoms with Gasteiger partial charge in [-0.15, -0.1) is 11.8 Å². The van der Waals surface area contributed by atoms with Crippen LogP contribution in [0.3, 0.4) is 0 Å². The number of amides is 1. The van der Waals surface area contributed by atoms with E-state index in [1.165, 1.54) is 31.4 Å². The predicted molar refractivity (Wildman–Crippen MR) is 99.4 cm³/mol. The molecule has 3 fully saturated rings. The maximum absolute atomic E-state index is 12.8. The molecular weight excluding hydrogens is 328 g/mol. The summed E-state index contributed by atoms with van der Waals surface area (Å²) in [4.78, 5) is 17.5. The van der Waals surface area contributed by atoms with Crippen LogP contribution in [0.4, 0.5) is 0 Å². The van der Waals surface area contributed by atoms with E-state index in [9.17, 15) is 4.79 Å². The van der Waals surface area contributed by atoms with Gasteiger partial charge in [0.1, 0.15) is 0 Å². The second-order valence-electron chi connectivity index (χ2n) is 6.80. The van der Waals surface area contributed by atoms with Gasteiger partial charge in [-0.05, 0) is 25.0 Å². The molecule has 4 nitrogen and oxygen atoms in total. The first-order valence-corrected chi connectivity index (χ1v) is 11.3. The lowest BCUT2D eigenvalue weighted by atomic mass is 10.2. The number of thioether (sulfide) groups is 2. The summed E-state index contributed by atoms with van der Waals surface area (Å²) in [6.07, 6.45) is 6.47. The number of carbonyl (C=O) groups excluding carboxylic acids is 1. The fourth-order valence-electron chi connectivity index (χ4n) is 3.72. The van der Waals surface area contributed by atoms with Gasteiger partial charge in [0.2, 0.25) is 5.91 Å². The molecule has 1 aliphatic carbocycles. The van der Waals surface area contributed by atoms with Gasteiger partial charge in [-0.25, -0.2) is 0 Å². The molecule has 0 spiro atoms. The van der Waals surface area contributed by atoms with Crippen molar-refractivity contribution < 1.29 is 9.53 Å². The van der Waals surface area contributed by atoms with Gasteiger partial charge in [-0.1, -0.05) is 12.8 Å². The zero-order valence-electron chi connectivity index (χ0n) is 14.1. The summed E-state index contributed by atoms with van der Waals surface area (Å²) >= 11 is 3.93. The minimum absolute atomic E-state index is 0.377. The van der Waals surface area contributed by atoms with Crippen LogP contribution in [0.15, 0.2) is 0 Å². The number of rotatable bonds is 5. The van der Waals surface area contributed by atoms with Crippen molar-refractivity contribution in [1.29, 1.82) is 0 Å². The van der Waals surface area contributed by atoms with Crippen LogP contribution in [0, 0.1) is 0 Å². The molecule has 0 aromatic rings. The second-order valence-corrected chi connectivity index (χ2v) is 9.24. The molecule has 2 heterocycles. The summed E-state index contributed by atoms with van der Waals surface area (Å²) in [7, 11) is 0. The van der Waals surface area contributed by atoms with E-state index >= 15 is 0 Å². The van der Waals surface area contributed by atoms with Crippen LogP contribution in [-0.2, 0) is 9.53 Å². The minimum atomic E-state index is 0.377. The smallest absolute Gasteiger partial charge is 0.232 e. The Morgan fingerprint density at radius 3 is 2.70 bits per heavy atom. The average molecular weight is 359 g/mol. The molecule has 0 aromatic carbocycles. The van der Waals surface area contributed by atoms with E-state index in [4.69, 9.17) is 4.74 Å². The van der Waals surface area contributed by atoms with Gasteiger partial charge in [-0.2, -0.15) is 11.8 Å². The SMILES string of the molecule is O=C(CSC1CCCC1)N1CCCSC[C@@H]1CN1CCOCC1. The zero-order chi connectivity index (χ0) is 15.9. The molecule has 6 heteroatoms. The second kappa shape index (κ2) is 9.54. The number of nitrogens with zero attached hydrogens (tertiary/aromatic N) is 2. The van der Waals surface area contributed by atoms with Crippen LogP contribution in [0.2, 0.25) is 0 Å². The molecule has 3 rings (SSSR count). The molecule has 1 saturated carbocycles. The van der Waals surface area contributed by atoms with Crippen LogP contribution in [0.25, 0.3) is 0 Å². The third-order valence-corrected chi connectivity index (χ3v) is 7.63.